The molecule has 5 heteroatoms. The lowest BCUT2D eigenvalue weighted by molar-refractivity contribution is -0.142. The standard InChI is InChI=1S/C30H26N2O3/c1-2-34-29(33)17-23-6-3-7-24(18-31)30(23)35-28-14-13-20-10-12-22(16-26(20)28)21-11-9-19-5-4-8-27(32)25(19)15-21/h3-12,15-16,28H,2,13-14,17,32H2,1H3/t28-/m1/s1. The van der Waals surface area contributed by atoms with Crippen LogP contribution in [0.3, 0.4) is 0 Å². The van der Waals surface area contributed by atoms with Crippen LogP contribution in [0.25, 0.3) is 21.9 Å². The number of nitriles is 1. The summed E-state index contributed by atoms with van der Waals surface area (Å²) in [6.07, 6.45) is 1.57. The maximum atomic E-state index is 12.1. The Morgan fingerprint density at radius 1 is 1.06 bits per heavy atom. The lowest BCUT2D eigenvalue weighted by Crippen LogP contribution is -2.11. The monoisotopic (exact) mass is 462 g/mol. The number of nitrogens with two attached hydrogens (primary N) is 1. The minimum atomic E-state index is -0.336. The zero-order valence-electron chi connectivity index (χ0n) is 19.6. The Labute approximate surface area is 204 Å². The molecule has 4 aromatic carbocycles. The number of hydrogen-bond donors (Lipinski definition) is 1. The Morgan fingerprint density at radius 3 is 2.69 bits per heavy atom. The predicted molar refractivity (Wildman–Crippen MR) is 137 cm³/mol. The normalized spacial score (nSPS) is 14.3. The molecule has 0 radical (unpaired) electrons. The Morgan fingerprint density at radius 2 is 1.86 bits per heavy atom. The number of nitrogens with zero attached hydrogens (tertiary/aromatic N) is 1. The van der Waals surface area contributed by atoms with Crippen LogP contribution in [0.4, 0.5) is 5.69 Å². The molecule has 0 spiro atoms. The molecule has 35 heavy (non-hydrogen) atoms. The second-order valence-electron chi connectivity index (χ2n) is 8.73. The van der Waals surface area contributed by atoms with Crippen LogP contribution in [0.1, 0.15) is 41.7 Å². The Bertz CT molecular complexity index is 1470. The topological polar surface area (TPSA) is 85.3 Å². The molecule has 0 bridgehead atoms. The van der Waals surface area contributed by atoms with E-state index in [9.17, 15) is 10.1 Å². The van der Waals surface area contributed by atoms with Gasteiger partial charge in [0.1, 0.15) is 17.9 Å². The van der Waals surface area contributed by atoms with Gasteiger partial charge < -0.3 is 15.2 Å². The van der Waals surface area contributed by atoms with Crippen molar-refractivity contribution in [2.75, 3.05) is 12.3 Å². The molecule has 0 saturated carbocycles. The van der Waals surface area contributed by atoms with Gasteiger partial charge in [-0.2, -0.15) is 5.26 Å². The molecule has 0 amide bonds. The Hall–Kier alpha value is -4.30. The third-order valence-corrected chi connectivity index (χ3v) is 6.54. The van der Waals surface area contributed by atoms with Crippen molar-refractivity contribution in [1.82, 2.24) is 0 Å². The largest absolute Gasteiger partial charge is 0.484 e. The van der Waals surface area contributed by atoms with Crippen molar-refractivity contribution >= 4 is 22.4 Å². The quantitative estimate of drug-likeness (QED) is 0.275. The van der Waals surface area contributed by atoms with Gasteiger partial charge in [-0.3, -0.25) is 4.79 Å². The van der Waals surface area contributed by atoms with E-state index in [1.807, 2.05) is 18.2 Å². The minimum Gasteiger partial charge on any atom is -0.484 e. The third-order valence-electron chi connectivity index (χ3n) is 6.54. The average molecular weight is 463 g/mol. The molecular weight excluding hydrogens is 436 g/mol. The molecule has 1 atom stereocenters. The van der Waals surface area contributed by atoms with Crippen molar-refractivity contribution in [2.45, 2.75) is 32.3 Å². The fraction of sp³-hybridized carbons (Fsp3) is 0.200. The molecule has 1 aliphatic carbocycles. The summed E-state index contributed by atoms with van der Waals surface area (Å²) in [5.74, 6) is 0.127. The lowest BCUT2D eigenvalue weighted by Gasteiger charge is -2.19. The Kier molecular flexibility index (Phi) is 6.12. The minimum absolute atomic E-state index is 0.0663. The van der Waals surface area contributed by atoms with Gasteiger partial charge in [0.05, 0.1) is 18.6 Å². The van der Waals surface area contributed by atoms with E-state index in [1.54, 1.807) is 19.1 Å². The summed E-state index contributed by atoms with van der Waals surface area (Å²) in [5.41, 5.74) is 12.6. The van der Waals surface area contributed by atoms with E-state index in [4.69, 9.17) is 15.2 Å². The van der Waals surface area contributed by atoms with E-state index in [0.717, 1.165) is 46.0 Å². The molecule has 0 fully saturated rings. The summed E-state index contributed by atoms with van der Waals surface area (Å²) in [6, 6.07) is 26.2. The molecule has 2 N–H and O–H groups in total. The van der Waals surface area contributed by atoms with E-state index < -0.39 is 0 Å². The average Bonchev–Trinajstić information content (AvgIpc) is 3.27. The first-order valence-corrected chi connectivity index (χ1v) is 11.8. The number of aryl methyl sites for hydroxylation is 1. The summed E-state index contributed by atoms with van der Waals surface area (Å²) >= 11 is 0. The fourth-order valence-electron chi connectivity index (χ4n) is 4.80. The number of para-hydroxylation sites is 1. The predicted octanol–water partition coefficient (Wildman–Crippen LogP) is 6.13. The Balaban J connectivity index is 1.49. The first-order chi connectivity index (χ1) is 17.1. The highest BCUT2D eigenvalue weighted by molar-refractivity contribution is 5.95. The number of hydrogen-bond acceptors (Lipinski definition) is 5. The molecule has 0 aromatic heterocycles. The van der Waals surface area contributed by atoms with E-state index in [2.05, 4.69) is 48.5 Å². The molecule has 0 heterocycles. The van der Waals surface area contributed by atoms with E-state index in [0.29, 0.717) is 23.5 Å². The first kappa shape index (κ1) is 22.5. The molecule has 1 aliphatic rings. The lowest BCUT2D eigenvalue weighted by atomic mass is 9.97. The molecule has 5 rings (SSSR count). The van der Waals surface area contributed by atoms with Crippen LogP contribution in [-0.2, 0) is 22.4 Å². The molecule has 0 aliphatic heterocycles. The second-order valence-corrected chi connectivity index (χ2v) is 8.73. The zero-order chi connectivity index (χ0) is 24.4. The summed E-state index contributed by atoms with van der Waals surface area (Å²) in [4.78, 5) is 12.1. The number of fused-ring (bicyclic) bond motifs is 2. The summed E-state index contributed by atoms with van der Waals surface area (Å²) in [7, 11) is 0. The second kappa shape index (κ2) is 9.52. The van der Waals surface area contributed by atoms with E-state index in [-0.39, 0.29) is 18.5 Å². The molecular formula is C30H26N2O3. The highest BCUT2D eigenvalue weighted by atomic mass is 16.5. The van der Waals surface area contributed by atoms with Crippen LogP contribution in [0.5, 0.6) is 5.75 Å². The van der Waals surface area contributed by atoms with Gasteiger partial charge in [-0.1, -0.05) is 48.5 Å². The van der Waals surface area contributed by atoms with Crippen molar-refractivity contribution in [3.05, 3.63) is 95.1 Å². The van der Waals surface area contributed by atoms with E-state index in [1.165, 1.54) is 5.56 Å². The van der Waals surface area contributed by atoms with Gasteiger partial charge in [-0.05, 0) is 71.7 Å². The summed E-state index contributed by atoms with van der Waals surface area (Å²) in [6.45, 7) is 2.09. The van der Waals surface area contributed by atoms with Crippen molar-refractivity contribution in [1.29, 1.82) is 5.26 Å². The SMILES string of the molecule is CCOC(=O)Cc1cccc(C#N)c1O[C@@H]1CCc2ccc(-c3ccc4cccc(N)c4c3)cc21. The van der Waals surface area contributed by atoms with Gasteiger partial charge in [0.25, 0.3) is 0 Å². The van der Waals surface area contributed by atoms with Crippen LogP contribution in [0.15, 0.2) is 72.8 Å². The summed E-state index contributed by atoms with van der Waals surface area (Å²) < 4.78 is 11.6. The van der Waals surface area contributed by atoms with Crippen molar-refractivity contribution in [3.63, 3.8) is 0 Å². The maximum absolute atomic E-state index is 12.1. The number of benzene rings is 4. The molecule has 174 valence electrons. The smallest absolute Gasteiger partial charge is 0.310 e. The fourth-order valence-corrected chi connectivity index (χ4v) is 4.80. The number of nitrogen functional groups attached to an aromatic ring is 1. The van der Waals surface area contributed by atoms with Crippen LogP contribution in [-0.4, -0.2) is 12.6 Å². The molecule has 0 unspecified atom stereocenters. The van der Waals surface area contributed by atoms with Gasteiger partial charge in [-0.15, -0.1) is 0 Å². The number of ether oxygens (including phenoxy) is 2. The van der Waals surface area contributed by atoms with Crippen molar-refractivity contribution in [3.8, 4) is 22.9 Å². The van der Waals surface area contributed by atoms with Crippen LogP contribution < -0.4 is 10.5 Å². The summed E-state index contributed by atoms with van der Waals surface area (Å²) in [5, 5.41) is 11.8. The van der Waals surface area contributed by atoms with Gasteiger partial charge in [-0.25, -0.2) is 0 Å². The van der Waals surface area contributed by atoms with Gasteiger partial charge in [0.15, 0.2) is 0 Å². The highest BCUT2D eigenvalue weighted by Crippen LogP contribution is 2.40. The van der Waals surface area contributed by atoms with Crippen molar-refractivity contribution < 1.29 is 14.3 Å². The number of carbonyl (C=O) groups is 1. The van der Waals surface area contributed by atoms with Crippen LogP contribution >= 0.6 is 0 Å². The molecule has 4 aromatic rings. The number of rotatable bonds is 6. The number of carbonyl (C=O) groups excluding carboxylic acids is 1. The van der Waals surface area contributed by atoms with Crippen LogP contribution in [0.2, 0.25) is 0 Å². The van der Waals surface area contributed by atoms with Crippen molar-refractivity contribution in [2.24, 2.45) is 0 Å². The van der Waals surface area contributed by atoms with Gasteiger partial charge in [0.2, 0.25) is 0 Å². The molecule has 5 nitrogen and oxygen atoms in total. The van der Waals surface area contributed by atoms with E-state index >= 15 is 0 Å². The zero-order valence-corrected chi connectivity index (χ0v) is 19.6. The number of anilines is 1. The van der Waals surface area contributed by atoms with Gasteiger partial charge >= 0.3 is 5.97 Å². The third kappa shape index (κ3) is 4.43. The maximum Gasteiger partial charge on any atom is 0.310 e. The molecule has 0 saturated heterocycles. The first-order valence-electron chi connectivity index (χ1n) is 11.8. The number of esters is 1. The van der Waals surface area contributed by atoms with Crippen LogP contribution in [0, 0.1) is 11.3 Å². The van der Waals surface area contributed by atoms with Gasteiger partial charge in [0, 0.05) is 16.6 Å². The highest BCUT2D eigenvalue weighted by Gasteiger charge is 2.27.